The summed E-state index contributed by atoms with van der Waals surface area (Å²) in [5, 5.41) is 2.99. The van der Waals surface area contributed by atoms with Crippen LogP contribution >= 0.6 is 27.5 Å². The molecule has 2 aromatic carbocycles. The molecule has 0 atom stereocenters. The summed E-state index contributed by atoms with van der Waals surface area (Å²) in [6.07, 6.45) is 0.690. The molecule has 2 aromatic rings. The lowest BCUT2D eigenvalue weighted by atomic mass is 10.2. The molecule has 0 fully saturated rings. The highest BCUT2D eigenvalue weighted by Crippen LogP contribution is 2.24. The summed E-state index contributed by atoms with van der Waals surface area (Å²) in [6, 6.07) is 11.8. The Kier molecular flexibility index (Phi) is 5.36. The van der Waals surface area contributed by atoms with Crippen LogP contribution in [0, 0.1) is 0 Å². The van der Waals surface area contributed by atoms with Gasteiger partial charge in [-0.25, -0.2) is 0 Å². The SMILES string of the molecule is O=Cc1ccc(OCC(=O)Nc2ccc(Br)cc2)c(Cl)c1. The van der Waals surface area contributed by atoms with E-state index in [1.165, 1.54) is 6.07 Å². The minimum atomic E-state index is -0.298. The van der Waals surface area contributed by atoms with Crippen LogP contribution < -0.4 is 10.1 Å². The fraction of sp³-hybridized carbons (Fsp3) is 0.0667. The van der Waals surface area contributed by atoms with Gasteiger partial charge in [-0.2, -0.15) is 0 Å². The molecule has 0 heterocycles. The highest BCUT2D eigenvalue weighted by molar-refractivity contribution is 9.10. The summed E-state index contributed by atoms with van der Waals surface area (Å²) in [5.41, 5.74) is 1.13. The maximum Gasteiger partial charge on any atom is 0.262 e. The Morgan fingerprint density at radius 3 is 2.57 bits per heavy atom. The van der Waals surface area contributed by atoms with Crippen LogP contribution in [0.3, 0.4) is 0 Å². The third-order valence-corrected chi connectivity index (χ3v) is 3.40. The minimum absolute atomic E-state index is 0.170. The van der Waals surface area contributed by atoms with E-state index < -0.39 is 0 Å². The van der Waals surface area contributed by atoms with Gasteiger partial charge in [-0.15, -0.1) is 0 Å². The molecule has 2 rings (SSSR count). The van der Waals surface area contributed by atoms with E-state index in [1.807, 2.05) is 12.1 Å². The highest BCUT2D eigenvalue weighted by Gasteiger charge is 2.07. The second kappa shape index (κ2) is 7.24. The zero-order valence-electron chi connectivity index (χ0n) is 10.8. The van der Waals surface area contributed by atoms with Gasteiger partial charge in [0.2, 0.25) is 0 Å². The zero-order chi connectivity index (χ0) is 15.2. The summed E-state index contributed by atoms with van der Waals surface area (Å²) in [7, 11) is 0. The molecule has 1 N–H and O–H groups in total. The van der Waals surface area contributed by atoms with Crippen molar-refractivity contribution < 1.29 is 14.3 Å². The van der Waals surface area contributed by atoms with Crippen LogP contribution in [-0.4, -0.2) is 18.8 Å². The molecule has 0 spiro atoms. The van der Waals surface area contributed by atoms with E-state index in [2.05, 4.69) is 21.2 Å². The predicted molar refractivity (Wildman–Crippen MR) is 85.1 cm³/mol. The van der Waals surface area contributed by atoms with Gasteiger partial charge in [0.1, 0.15) is 12.0 Å². The number of hydrogen-bond acceptors (Lipinski definition) is 3. The molecule has 0 aromatic heterocycles. The van der Waals surface area contributed by atoms with Crippen molar-refractivity contribution in [2.24, 2.45) is 0 Å². The lowest BCUT2D eigenvalue weighted by molar-refractivity contribution is -0.118. The molecule has 0 aliphatic rings. The third kappa shape index (κ3) is 4.58. The molecule has 0 radical (unpaired) electrons. The van der Waals surface area contributed by atoms with Crippen molar-refractivity contribution in [3.8, 4) is 5.75 Å². The number of carbonyl (C=O) groups is 2. The Bertz CT molecular complexity index is 658. The molecule has 108 valence electrons. The highest BCUT2D eigenvalue weighted by atomic mass is 79.9. The van der Waals surface area contributed by atoms with Crippen molar-refractivity contribution in [2.75, 3.05) is 11.9 Å². The van der Waals surface area contributed by atoms with E-state index in [0.29, 0.717) is 23.3 Å². The van der Waals surface area contributed by atoms with E-state index in [0.717, 1.165) is 4.47 Å². The number of rotatable bonds is 5. The van der Waals surface area contributed by atoms with Gasteiger partial charge in [-0.1, -0.05) is 27.5 Å². The number of hydrogen-bond donors (Lipinski definition) is 1. The number of nitrogens with one attached hydrogen (secondary N) is 1. The minimum Gasteiger partial charge on any atom is -0.482 e. The second-order valence-electron chi connectivity index (χ2n) is 4.15. The van der Waals surface area contributed by atoms with Gasteiger partial charge in [0, 0.05) is 15.7 Å². The molecule has 21 heavy (non-hydrogen) atoms. The Hall–Kier alpha value is -1.85. The van der Waals surface area contributed by atoms with E-state index in [-0.39, 0.29) is 17.5 Å². The Labute approximate surface area is 135 Å². The zero-order valence-corrected chi connectivity index (χ0v) is 13.1. The number of benzene rings is 2. The molecule has 0 aliphatic heterocycles. The molecule has 0 saturated heterocycles. The number of ether oxygens (including phenoxy) is 1. The Morgan fingerprint density at radius 1 is 1.24 bits per heavy atom. The molecule has 4 nitrogen and oxygen atoms in total. The van der Waals surface area contributed by atoms with Crippen molar-refractivity contribution >= 4 is 45.4 Å². The van der Waals surface area contributed by atoms with Crippen molar-refractivity contribution in [3.05, 3.63) is 57.5 Å². The number of anilines is 1. The third-order valence-electron chi connectivity index (χ3n) is 2.58. The summed E-state index contributed by atoms with van der Waals surface area (Å²) >= 11 is 9.26. The first kappa shape index (κ1) is 15.5. The largest absolute Gasteiger partial charge is 0.482 e. The fourth-order valence-electron chi connectivity index (χ4n) is 1.58. The number of carbonyl (C=O) groups excluding carboxylic acids is 2. The average Bonchev–Trinajstić information content (AvgIpc) is 2.48. The number of aldehydes is 1. The maximum atomic E-state index is 11.8. The molecule has 0 saturated carbocycles. The van der Waals surface area contributed by atoms with Gasteiger partial charge < -0.3 is 10.1 Å². The molecular weight excluding hydrogens is 358 g/mol. The molecular formula is C15H11BrClNO3. The van der Waals surface area contributed by atoms with Crippen LogP contribution in [0.5, 0.6) is 5.75 Å². The first-order chi connectivity index (χ1) is 10.1. The molecule has 1 amide bonds. The summed E-state index contributed by atoms with van der Waals surface area (Å²) in [4.78, 5) is 22.4. The van der Waals surface area contributed by atoms with Gasteiger partial charge in [0.25, 0.3) is 5.91 Å². The normalized spacial score (nSPS) is 10.0. The van der Waals surface area contributed by atoms with E-state index in [9.17, 15) is 9.59 Å². The first-order valence-corrected chi connectivity index (χ1v) is 7.18. The Morgan fingerprint density at radius 2 is 1.95 bits per heavy atom. The monoisotopic (exact) mass is 367 g/mol. The summed E-state index contributed by atoms with van der Waals surface area (Å²) < 4.78 is 6.25. The van der Waals surface area contributed by atoms with Crippen molar-refractivity contribution in [2.45, 2.75) is 0 Å². The second-order valence-corrected chi connectivity index (χ2v) is 5.47. The van der Waals surface area contributed by atoms with Gasteiger partial charge in [-0.3, -0.25) is 9.59 Å². The van der Waals surface area contributed by atoms with Crippen LogP contribution in [0.25, 0.3) is 0 Å². The topological polar surface area (TPSA) is 55.4 Å². The molecule has 0 bridgehead atoms. The standard InChI is InChI=1S/C15H11BrClNO3/c16-11-2-4-12(5-3-11)18-15(20)9-21-14-6-1-10(8-19)7-13(14)17/h1-8H,9H2,(H,18,20). The van der Waals surface area contributed by atoms with Crippen LogP contribution in [0.15, 0.2) is 46.9 Å². The number of halogens is 2. The van der Waals surface area contributed by atoms with Crippen LogP contribution in [-0.2, 0) is 4.79 Å². The van der Waals surface area contributed by atoms with Crippen molar-refractivity contribution in [3.63, 3.8) is 0 Å². The van der Waals surface area contributed by atoms with Crippen molar-refractivity contribution in [1.82, 2.24) is 0 Å². The number of amides is 1. The van der Waals surface area contributed by atoms with E-state index >= 15 is 0 Å². The fourth-order valence-corrected chi connectivity index (χ4v) is 2.09. The quantitative estimate of drug-likeness (QED) is 0.814. The van der Waals surface area contributed by atoms with E-state index in [1.54, 1.807) is 24.3 Å². The lowest BCUT2D eigenvalue weighted by Gasteiger charge is -2.09. The average molecular weight is 369 g/mol. The molecule has 6 heteroatoms. The smallest absolute Gasteiger partial charge is 0.262 e. The molecule has 0 aliphatic carbocycles. The summed E-state index contributed by atoms with van der Waals surface area (Å²) in [6.45, 7) is -0.170. The van der Waals surface area contributed by atoms with Crippen LogP contribution in [0.2, 0.25) is 5.02 Å². The van der Waals surface area contributed by atoms with E-state index in [4.69, 9.17) is 16.3 Å². The van der Waals surface area contributed by atoms with Gasteiger partial charge in [0.05, 0.1) is 5.02 Å². The lowest BCUT2D eigenvalue weighted by Crippen LogP contribution is -2.20. The van der Waals surface area contributed by atoms with Crippen LogP contribution in [0.4, 0.5) is 5.69 Å². The van der Waals surface area contributed by atoms with Gasteiger partial charge in [-0.05, 0) is 42.5 Å². The summed E-state index contributed by atoms with van der Waals surface area (Å²) in [5.74, 6) is 0.0566. The molecule has 0 unspecified atom stereocenters. The Balaban J connectivity index is 1.92. The van der Waals surface area contributed by atoms with Crippen molar-refractivity contribution in [1.29, 1.82) is 0 Å². The maximum absolute atomic E-state index is 11.8. The van der Waals surface area contributed by atoms with Gasteiger partial charge in [0.15, 0.2) is 6.61 Å². The first-order valence-electron chi connectivity index (χ1n) is 6.01. The predicted octanol–water partition coefficient (Wildman–Crippen LogP) is 3.93. The van der Waals surface area contributed by atoms with Gasteiger partial charge >= 0.3 is 0 Å². The van der Waals surface area contributed by atoms with Crippen LogP contribution in [0.1, 0.15) is 10.4 Å².